The van der Waals surface area contributed by atoms with Gasteiger partial charge in [0.25, 0.3) is 5.91 Å². The molecular weight excluding hydrogens is 356 g/mol. The molecule has 0 unspecified atom stereocenters. The molecule has 0 fully saturated rings. The monoisotopic (exact) mass is 370 g/mol. The Morgan fingerprint density at radius 3 is 2.78 bits per heavy atom. The normalized spacial score (nSPS) is 17.1. The molecular formula is C15H15ClN2O3S2. The SMILES string of the molecule is Cc1cc(S(N)(=O)=O)sc1C(=O)N[C@H]1CCc2cc(Cl)ccc21. The summed E-state index contributed by atoms with van der Waals surface area (Å²) in [6, 6.07) is 6.98. The van der Waals surface area contributed by atoms with Gasteiger partial charge in [-0.25, -0.2) is 13.6 Å². The number of thiophene rings is 1. The van der Waals surface area contributed by atoms with Crippen molar-refractivity contribution >= 4 is 38.9 Å². The Labute approximate surface area is 143 Å². The molecule has 0 spiro atoms. The van der Waals surface area contributed by atoms with E-state index in [4.69, 9.17) is 16.7 Å². The van der Waals surface area contributed by atoms with Crippen molar-refractivity contribution in [2.75, 3.05) is 0 Å². The van der Waals surface area contributed by atoms with E-state index in [2.05, 4.69) is 5.32 Å². The molecule has 3 N–H and O–H groups in total. The second-order valence-corrected chi connectivity index (χ2v) is 8.81. The van der Waals surface area contributed by atoms with Crippen LogP contribution >= 0.6 is 22.9 Å². The molecule has 1 aliphatic rings. The number of carbonyl (C=O) groups is 1. The highest BCUT2D eigenvalue weighted by Crippen LogP contribution is 2.34. The number of amides is 1. The van der Waals surface area contributed by atoms with Crippen molar-refractivity contribution in [1.82, 2.24) is 5.32 Å². The highest BCUT2D eigenvalue weighted by atomic mass is 35.5. The van der Waals surface area contributed by atoms with Crippen molar-refractivity contribution in [2.24, 2.45) is 5.14 Å². The van der Waals surface area contributed by atoms with Gasteiger partial charge in [-0.15, -0.1) is 11.3 Å². The Balaban J connectivity index is 1.83. The van der Waals surface area contributed by atoms with Crippen molar-refractivity contribution < 1.29 is 13.2 Å². The highest BCUT2D eigenvalue weighted by molar-refractivity contribution is 7.91. The number of carbonyl (C=O) groups excluding carboxylic acids is 1. The van der Waals surface area contributed by atoms with Gasteiger partial charge in [-0.2, -0.15) is 0 Å². The molecule has 5 nitrogen and oxygen atoms in total. The van der Waals surface area contributed by atoms with Gasteiger partial charge in [-0.05, 0) is 54.7 Å². The van der Waals surface area contributed by atoms with Gasteiger partial charge in [0.05, 0.1) is 10.9 Å². The first-order chi connectivity index (χ1) is 10.8. The topological polar surface area (TPSA) is 89.3 Å². The van der Waals surface area contributed by atoms with Crippen LogP contribution in [0, 0.1) is 6.92 Å². The third-order valence-corrected chi connectivity index (χ3v) is 6.76. The van der Waals surface area contributed by atoms with E-state index in [0.717, 1.165) is 35.3 Å². The third-order valence-electron chi connectivity index (χ3n) is 3.87. The Morgan fingerprint density at radius 2 is 2.13 bits per heavy atom. The zero-order chi connectivity index (χ0) is 16.8. The van der Waals surface area contributed by atoms with Crippen LogP contribution in [0.3, 0.4) is 0 Å². The highest BCUT2D eigenvalue weighted by Gasteiger charge is 2.26. The van der Waals surface area contributed by atoms with Crippen LogP contribution in [0.4, 0.5) is 0 Å². The average Bonchev–Trinajstić information content (AvgIpc) is 3.02. The molecule has 0 aliphatic heterocycles. The quantitative estimate of drug-likeness (QED) is 0.870. The molecule has 1 aromatic heterocycles. The number of nitrogens with two attached hydrogens (primary N) is 1. The van der Waals surface area contributed by atoms with Crippen LogP contribution in [0.5, 0.6) is 0 Å². The van der Waals surface area contributed by atoms with E-state index in [1.807, 2.05) is 12.1 Å². The standard InChI is InChI=1S/C15H15ClN2O3S2/c1-8-6-13(23(17,20)21)22-14(8)15(19)18-12-5-2-9-7-10(16)3-4-11(9)12/h3-4,6-7,12H,2,5H2,1H3,(H,18,19)(H2,17,20,21)/t12-/m0/s1. The Kier molecular flexibility index (Phi) is 4.22. The lowest BCUT2D eigenvalue weighted by Crippen LogP contribution is -2.26. The molecule has 0 radical (unpaired) electrons. The fourth-order valence-electron chi connectivity index (χ4n) is 2.78. The molecule has 3 rings (SSSR count). The molecule has 1 aromatic carbocycles. The van der Waals surface area contributed by atoms with E-state index in [1.54, 1.807) is 13.0 Å². The zero-order valence-corrected chi connectivity index (χ0v) is 14.7. The van der Waals surface area contributed by atoms with Gasteiger partial charge in [-0.1, -0.05) is 17.7 Å². The second kappa shape index (κ2) is 5.90. The number of rotatable bonds is 3. The predicted octanol–water partition coefficient (Wildman–Crippen LogP) is 2.77. The van der Waals surface area contributed by atoms with Crippen molar-refractivity contribution in [1.29, 1.82) is 0 Å². The van der Waals surface area contributed by atoms with Gasteiger partial charge >= 0.3 is 0 Å². The van der Waals surface area contributed by atoms with E-state index in [-0.39, 0.29) is 16.2 Å². The molecule has 0 bridgehead atoms. The van der Waals surface area contributed by atoms with Crippen LogP contribution in [0.15, 0.2) is 28.5 Å². The fourth-order valence-corrected chi connectivity index (χ4v) is 4.84. The molecule has 8 heteroatoms. The molecule has 2 aromatic rings. The summed E-state index contributed by atoms with van der Waals surface area (Å²) in [5.41, 5.74) is 2.80. The molecule has 1 atom stereocenters. The van der Waals surface area contributed by atoms with Crippen LogP contribution in [-0.2, 0) is 16.4 Å². The molecule has 23 heavy (non-hydrogen) atoms. The predicted molar refractivity (Wildman–Crippen MR) is 90.4 cm³/mol. The summed E-state index contributed by atoms with van der Waals surface area (Å²) in [7, 11) is -3.79. The summed E-state index contributed by atoms with van der Waals surface area (Å²) in [4.78, 5) is 12.8. The first kappa shape index (κ1) is 16.4. The van der Waals surface area contributed by atoms with E-state index < -0.39 is 10.0 Å². The number of hydrogen-bond donors (Lipinski definition) is 2. The minimum atomic E-state index is -3.79. The number of fused-ring (bicyclic) bond motifs is 1. The van der Waals surface area contributed by atoms with Crippen LogP contribution in [0.1, 0.15) is 38.8 Å². The summed E-state index contributed by atoms with van der Waals surface area (Å²) in [5, 5.41) is 8.77. The number of halogens is 1. The van der Waals surface area contributed by atoms with Gasteiger partial charge in [0, 0.05) is 5.02 Å². The Morgan fingerprint density at radius 1 is 1.39 bits per heavy atom. The zero-order valence-electron chi connectivity index (χ0n) is 12.3. The fraction of sp³-hybridized carbons (Fsp3) is 0.267. The largest absolute Gasteiger partial charge is 0.345 e. The number of sulfonamides is 1. The summed E-state index contributed by atoms with van der Waals surface area (Å²) >= 11 is 6.88. The molecule has 1 aliphatic carbocycles. The van der Waals surface area contributed by atoms with E-state index in [9.17, 15) is 13.2 Å². The maximum Gasteiger partial charge on any atom is 0.262 e. The summed E-state index contributed by atoms with van der Waals surface area (Å²) in [6.45, 7) is 1.70. The van der Waals surface area contributed by atoms with Crippen molar-refractivity contribution in [3.05, 3.63) is 50.9 Å². The number of nitrogens with one attached hydrogen (secondary N) is 1. The number of hydrogen-bond acceptors (Lipinski definition) is 4. The third kappa shape index (κ3) is 3.28. The molecule has 1 heterocycles. The first-order valence-corrected chi connectivity index (χ1v) is 9.72. The van der Waals surface area contributed by atoms with Crippen molar-refractivity contribution in [3.63, 3.8) is 0 Å². The van der Waals surface area contributed by atoms with E-state index >= 15 is 0 Å². The molecule has 0 saturated heterocycles. The van der Waals surface area contributed by atoms with E-state index in [1.165, 1.54) is 6.07 Å². The maximum absolute atomic E-state index is 12.5. The lowest BCUT2D eigenvalue weighted by Gasteiger charge is -2.14. The van der Waals surface area contributed by atoms with Crippen LogP contribution in [0.2, 0.25) is 5.02 Å². The van der Waals surface area contributed by atoms with Crippen LogP contribution in [0.25, 0.3) is 0 Å². The van der Waals surface area contributed by atoms with Gasteiger partial charge in [-0.3, -0.25) is 4.79 Å². The maximum atomic E-state index is 12.5. The minimum Gasteiger partial charge on any atom is -0.345 e. The van der Waals surface area contributed by atoms with Gasteiger partial charge < -0.3 is 5.32 Å². The lowest BCUT2D eigenvalue weighted by atomic mass is 10.1. The summed E-state index contributed by atoms with van der Waals surface area (Å²) in [5.74, 6) is -0.282. The molecule has 0 saturated carbocycles. The van der Waals surface area contributed by atoms with Crippen molar-refractivity contribution in [3.8, 4) is 0 Å². The Hall–Kier alpha value is -1.41. The van der Waals surface area contributed by atoms with Crippen molar-refractivity contribution in [2.45, 2.75) is 30.0 Å². The van der Waals surface area contributed by atoms with Crippen LogP contribution in [-0.4, -0.2) is 14.3 Å². The number of primary sulfonamides is 1. The van der Waals surface area contributed by atoms with Gasteiger partial charge in [0.15, 0.2) is 0 Å². The minimum absolute atomic E-state index is 0.00115. The molecule has 1 amide bonds. The second-order valence-electron chi connectivity index (χ2n) is 5.53. The first-order valence-electron chi connectivity index (χ1n) is 6.98. The van der Waals surface area contributed by atoms with Crippen LogP contribution < -0.4 is 10.5 Å². The van der Waals surface area contributed by atoms with Gasteiger partial charge in [0.2, 0.25) is 10.0 Å². The molecule has 122 valence electrons. The van der Waals surface area contributed by atoms with Gasteiger partial charge in [0.1, 0.15) is 4.21 Å². The average molecular weight is 371 g/mol. The smallest absolute Gasteiger partial charge is 0.262 e. The summed E-state index contributed by atoms with van der Waals surface area (Å²) < 4.78 is 22.8. The van der Waals surface area contributed by atoms with E-state index in [0.29, 0.717) is 15.5 Å². The Bertz CT molecular complexity index is 890. The number of benzene rings is 1. The lowest BCUT2D eigenvalue weighted by molar-refractivity contribution is 0.0940. The number of aryl methyl sites for hydroxylation is 2. The summed E-state index contributed by atoms with van der Waals surface area (Å²) in [6.07, 6.45) is 1.65.